The fourth-order valence-electron chi connectivity index (χ4n) is 1.13. The van der Waals surface area contributed by atoms with Gasteiger partial charge < -0.3 is 15.4 Å². The van der Waals surface area contributed by atoms with Crippen molar-refractivity contribution in [1.82, 2.24) is 9.97 Å². The highest BCUT2D eigenvalue weighted by atomic mass is 16.5. The molecule has 0 aromatic carbocycles. The van der Waals surface area contributed by atoms with Gasteiger partial charge >= 0.3 is 0 Å². The lowest BCUT2D eigenvalue weighted by molar-refractivity contribution is 0.198. The number of aromatic nitrogens is 2. The van der Waals surface area contributed by atoms with Crippen LogP contribution in [0.5, 0.6) is 0 Å². The zero-order valence-electron chi connectivity index (χ0n) is 9.29. The molecule has 84 valence electrons. The van der Waals surface area contributed by atoms with Gasteiger partial charge in [-0.05, 0) is 19.4 Å². The topological polar surface area (TPSA) is 59.1 Å². The summed E-state index contributed by atoms with van der Waals surface area (Å²) < 4.78 is 4.96. The zero-order valence-corrected chi connectivity index (χ0v) is 9.29. The summed E-state index contributed by atoms with van der Waals surface area (Å²) in [6, 6.07) is 1.85. The van der Waals surface area contributed by atoms with Gasteiger partial charge in [0.15, 0.2) is 0 Å². The Kier molecular flexibility index (Phi) is 5.47. The number of ether oxygens (including phenoxy) is 1. The molecule has 0 saturated carbocycles. The van der Waals surface area contributed by atoms with Gasteiger partial charge in [-0.15, -0.1) is 0 Å². The predicted molar refractivity (Wildman–Crippen MR) is 61.2 cm³/mol. The third-order valence-electron chi connectivity index (χ3n) is 1.82. The molecule has 0 spiro atoms. The minimum atomic E-state index is 0.661. The van der Waals surface area contributed by atoms with Crippen molar-refractivity contribution in [1.29, 1.82) is 0 Å². The minimum Gasteiger partial charge on any atom is -0.385 e. The number of methoxy groups -OCH3 is 1. The molecule has 0 bridgehead atoms. The fourth-order valence-corrected chi connectivity index (χ4v) is 1.13. The number of rotatable bonds is 7. The van der Waals surface area contributed by atoms with Crippen molar-refractivity contribution in [2.75, 3.05) is 37.4 Å². The molecule has 1 aromatic rings. The monoisotopic (exact) mass is 210 g/mol. The highest BCUT2D eigenvalue weighted by Gasteiger charge is 1.96. The molecule has 0 aliphatic heterocycles. The Morgan fingerprint density at radius 1 is 1.40 bits per heavy atom. The maximum absolute atomic E-state index is 4.96. The highest BCUT2D eigenvalue weighted by Crippen LogP contribution is 2.04. The van der Waals surface area contributed by atoms with Crippen LogP contribution in [0, 0.1) is 0 Å². The van der Waals surface area contributed by atoms with E-state index in [0.717, 1.165) is 31.9 Å². The molecule has 5 nitrogen and oxygen atoms in total. The molecule has 1 rings (SSSR count). The van der Waals surface area contributed by atoms with Crippen LogP contribution >= 0.6 is 0 Å². The zero-order chi connectivity index (χ0) is 10.9. The largest absolute Gasteiger partial charge is 0.385 e. The van der Waals surface area contributed by atoms with Crippen molar-refractivity contribution in [3.8, 4) is 0 Å². The van der Waals surface area contributed by atoms with Crippen molar-refractivity contribution in [3.05, 3.63) is 12.3 Å². The molecule has 0 aliphatic carbocycles. The van der Waals surface area contributed by atoms with Crippen LogP contribution in [0.1, 0.15) is 13.3 Å². The molecule has 0 amide bonds. The molecular formula is C10H18N4O. The predicted octanol–water partition coefficient (Wildman–Crippen LogP) is 1.36. The third-order valence-corrected chi connectivity index (χ3v) is 1.82. The summed E-state index contributed by atoms with van der Waals surface area (Å²) in [5.74, 6) is 1.51. The van der Waals surface area contributed by atoms with Crippen molar-refractivity contribution in [2.24, 2.45) is 0 Å². The van der Waals surface area contributed by atoms with Gasteiger partial charge in [-0.3, -0.25) is 0 Å². The second kappa shape index (κ2) is 7.00. The van der Waals surface area contributed by atoms with Gasteiger partial charge in [-0.1, -0.05) is 0 Å². The van der Waals surface area contributed by atoms with Crippen LogP contribution in [-0.2, 0) is 4.74 Å². The van der Waals surface area contributed by atoms with Crippen LogP contribution in [0.2, 0.25) is 0 Å². The summed E-state index contributed by atoms with van der Waals surface area (Å²) >= 11 is 0. The summed E-state index contributed by atoms with van der Waals surface area (Å²) in [5.41, 5.74) is 0. The van der Waals surface area contributed by atoms with Gasteiger partial charge in [-0.2, -0.15) is 4.98 Å². The molecular weight excluding hydrogens is 192 g/mol. The summed E-state index contributed by atoms with van der Waals surface area (Å²) in [5, 5.41) is 6.27. The molecule has 0 aliphatic rings. The van der Waals surface area contributed by atoms with E-state index < -0.39 is 0 Å². The molecule has 1 aromatic heterocycles. The first-order valence-electron chi connectivity index (χ1n) is 5.16. The summed E-state index contributed by atoms with van der Waals surface area (Å²) in [6.07, 6.45) is 2.71. The highest BCUT2D eigenvalue weighted by molar-refractivity contribution is 5.39. The van der Waals surface area contributed by atoms with E-state index in [1.807, 2.05) is 13.0 Å². The average molecular weight is 210 g/mol. The quantitative estimate of drug-likeness (QED) is 0.665. The summed E-state index contributed by atoms with van der Waals surface area (Å²) in [4.78, 5) is 8.37. The second-order valence-electron chi connectivity index (χ2n) is 3.07. The number of nitrogens with one attached hydrogen (secondary N) is 2. The van der Waals surface area contributed by atoms with Crippen LogP contribution in [0.25, 0.3) is 0 Å². The first-order valence-corrected chi connectivity index (χ1v) is 5.16. The van der Waals surface area contributed by atoms with Crippen LogP contribution in [-0.4, -0.2) is 36.8 Å². The lowest BCUT2D eigenvalue weighted by Crippen LogP contribution is -2.08. The van der Waals surface area contributed by atoms with Gasteiger partial charge in [0.2, 0.25) is 5.95 Å². The van der Waals surface area contributed by atoms with E-state index in [0.29, 0.717) is 5.95 Å². The number of anilines is 2. The van der Waals surface area contributed by atoms with Crippen LogP contribution in [0.4, 0.5) is 11.8 Å². The standard InChI is InChI=1S/C10H18N4O/c1-3-11-10-13-7-5-9(14-10)12-6-4-8-15-2/h5,7H,3-4,6,8H2,1-2H3,(H2,11,12,13,14). The molecule has 5 heteroatoms. The molecule has 15 heavy (non-hydrogen) atoms. The molecule has 0 atom stereocenters. The van der Waals surface area contributed by atoms with Gasteiger partial charge in [0.1, 0.15) is 5.82 Å². The Labute approximate surface area is 90.3 Å². The molecule has 1 heterocycles. The SMILES string of the molecule is CCNc1nccc(NCCCOC)n1. The fraction of sp³-hybridized carbons (Fsp3) is 0.600. The Hall–Kier alpha value is -1.36. The van der Waals surface area contributed by atoms with Crippen molar-refractivity contribution >= 4 is 11.8 Å². The maximum atomic E-state index is 4.96. The lowest BCUT2D eigenvalue weighted by atomic mass is 10.4. The van der Waals surface area contributed by atoms with E-state index in [-0.39, 0.29) is 0 Å². The van der Waals surface area contributed by atoms with Crippen LogP contribution < -0.4 is 10.6 Å². The van der Waals surface area contributed by atoms with Gasteiger partial charge in [0, 0.05) is 33.0 Å². The van der Waals surface area contributed by atoms with E-state index in [9.17, 15) is 0 Å². The van der Waals surface area contributed by atoms with Crippen molar-refractivity contribution in [3.63, 3.8) is 0 Å². The Morgan fingerprint density at radius 3 is 3.00 bits per heavy atom. The summed E-state index contributed by atoms with van der Waals surface area (Å²) in [6.45, 7) is 4.46. The number of nitrogens with zero attached hydrogens (tertiary/aromatic N) is 2. The number of hydrogen-bond acceptors (Lipinski definition) is 5. The molecule has 0 unspecified atom stereocenters. The van der Waals surface area contributed by atoms with E-state index in [4.69, 9.17) is 4.74 Å². The van der Waals surface area contributed by atoms with Crippen molar-refractivity contribution in [2.45, 2.75) is 13.3 Å². The Bertz CT molecular complexity index is 280. The maximum Gasteiger partial charge on any atom is 0.224 e. The minimum absolute atomic E-state index is 0.661. The van der Waals surface area contributed by atoms with E-state index in [1.54, 1.807) is 13.3 Å². The molecule has 0 fully saturated rings. The Balaban J connectivity index is 2.36. The van der Waals surface area contributed by atoms with E-state index in [2.05, 4.69) is 20.6 Å². The normalized spacial score (nSPS) is 10.0. The van der Waals surface area contributed by atoms with E-state index in [1.165, 1.54) is 0 Å². The lowest BCUT2D eigenvalue weighted by Gasteiger charge is -2.06. The average Bonchev–Trinajstić information content (AvgIpc) is 2.26. The van der Waals surface area contributed by atoms with Gasteiger partial charge in [0.25, 0.3) is 0 Å². The van der Waals surface area contributed by atoms with Gasteiger partial charge in [0.05, 0.1) is 0 Å². The number of hydrogen-bond donors (Lipinski definition) is 2. The first kappa shape index (κ1) is 11.7. The van der Waals surface area contributed by atoms with Crippen molar-refractivity contribution < 1.29 is 4.74 Å². The third kappa shape index (κ3) is 4.60. The van der Waals surface area contributed by atoms with Crippen LogP contribution in [0.3, 0.4) is 0 Å². The molecule has 0 saturated heterocycles. The second-order valence-corrected chi connectivity index (χ2v) is 3.07. The summed E-state index contributed by atoms with van der Waals surface area (Å²) in [7, 11) is 1.70. The Morgan fingerprint density at radius 2 is 2.27 bits per heavy atom. The first-order chi connectivity index (χ1) is 7.36. The molecule has 0 radical (unpaired) electrons. The van der Waals surface area contributed by atoms with Crippen LogP contribution in [0.15, 0.2) is 12.3 Å². The van der Waals surface area contributed by atoms with E-state index >= 15 is 0 Å². The van der Waals surface area contributed by atoms with Gasteiger partial charge in [-0.25, -0.2) is 4.98 Å². The molecule has 2 N–H and O–H groups in total. The smallest absolute Gasteiger partial charge is 0.224 e.